The summed E-state index contributed by atoms with van der Waals surface area (Å²) in [6.07, 6.45) is 3.39. The van der Waals surface area contributed by atoms with Crippen LogP contribution in [0.1, 0.15) is 0 Å². The smallest absolute Gasteiger partial charge is 0.262 e. The average Bonchev–Trinajstić information content (AvgIpc) is 2.62. The molecule has 2 aromatic carbocycles. The normalized spacial score (nSPS) is 10.1. The number of benzene rings is 2. The second-order valence-electron chi connectivity index (χ2n) is 4.98. The van der Waals surface area contributed by atoms with Gasteiger partial charge in [-0.15, -0.1) is 0 Å². The molecule has 23 heavy (non-hydrogen) atoms. The van der Waals surface area contributed by atoms with E-state index in [2.05, 4.69) is 10.3 Å². The molecule has 0 saturated carbocycles. The summed E-state index contributed by atoms with van der Waals surface area (Å²) in [6.45, 7) is -0.0421. The standard InChI is InChI=1S/C19H16N2O2/c22-19(14-23-18-9-5-2-6-10-18)21-17-11-16(12-20-13-17)15-7-3-1-4-8-15/h1-13H,14H2,(H,21,22). The lowest BCUT2D eigenvalue weighted by atomic mass is 10.1. The number of amides is 1. The van der Waals surface area contributed by atoms with Gasteiger partial charge in [0, 0.05) is 11.8 Å². The fourth-order valence-electron chi connectivity index (χ4n) is 2.16. The van der Waals surface area contributed by atoms with E-state index in [1.165, 1.54) is 0 Å². The summed E-state index contributed by atoms with van der Waals surface area (Å²) >= 11 is 0. The van der Waals surface area contributed by atoms with Crippen LogP contribution in [0.15, 0.2) is 79.1 Å². The van der Waals surface area contributed by atoms with E-state index in [9.17, 15) is 4.79 Å². The lowest BCUT2D eigenvalue weighted by Gasteiger charge is -2.08. The fraction of sp³-hybridized carbons (Fsp3) is 0.0526. The second-order valence-corrected chi connectivity index (χ2v) is 4.98. The first kappa shape index (κ1) is 14.8. The van der Waals surface area contributed by atoms with Crippen LogP contribution in [0, 0.1) is 0 Å². The van der Waals surface area contributed by atoms with E-state index >= 15 is 0 Å². The molecule has 0 fully saturated rings. The summed E-state index contributed by atoms with van der Waals surface area (Å²) in [7, 11) is 0. The van der Waals surface area contributed by atoms with Crippen molar-refractivity contribution in [1.29, 1.82) is 0 Å². The molecule has 0 aliphatic rings. The van der Waals surface area contributed by atoms with Crippen molar-refractivity contribution in [3.05, 3.63) is 79.1 Å². The van der Waals surface area contributed by atoms with Crippen molar-refractivity contribution >= 4 is 11.6 Å². The Morgan fingerprint density at radius 2 is 1.61 bits per heavy atom. The highest BCUT2D eigenvalue weighted by molar-refractivity contribution is 5.92. The molecule has 4 nitrogen and oxygen atoms in total. The van der Waals surface area contributed by atoms with Crippen molar-refractivity contribution in [2.45, 2.75) is 0 Å². The van der Waals surface area contributed by atoms with E-state index < -0.39 is 0 Å². The largest absolute Gasteiger partial charge is 0.484 e. The molecule has 4 heteroatoms. The molecule has 0 aliphatic carbocycles. The third kappa shape index (κ3) is 4.17. The minimum absolute atomic E-state index is 0.0421. The van der Waals surface area contributed by atoms with Gasteiger partial charge >= 0.3 is 0 Å². The minimum atomic E-state index is -0.221. The van der Waals surface area contributed by atoms with E-state index in [0.29, 0.717) is 11.4 Å². The Kier molecular flexibility index (Phi) is 4.64. The molecule has 3 aromatic rings. The average molecular weight is 304 g/mol. The van der Waals surface area contributed by atoms with Gasteiger partial charge in [0.2, 0.25) is 0 Å². The fourth-order valence-corrected chi connectivity index (χ4v) is 2.16. The summed E-state index contributed by atoms with van der Waals surface area (Å²) in [4.78, 5) is 16.1. The maximum atomic E-state index is 12.0. The zero-order chi connectivity index (χ0) is 15.9. The molecule has 0 radical (unpaired) electrons. The molecule has 0 unspecified atom stereocenters. The predicted octanol–water partition coefficient (Wildman–Crippen LogP) is 3.77. The van der Waals surface area contributed by atoms with Crippen LogP contribution in [0.4, 0.5) is 5.69 Å². The number of nitrogens with zero attached hydrogens (tertiary/aromatic N) is 1. The Balaban J connectivity index is 1.63. The Bertz CT molecular complexity index is 774. The summed E-state index contributed by atoms with van der Waals surface area (Å²) in [5.74, 6) is 0.444. The molecule has 1 amide bonds. The number of pyridine rings is 1. The lowest BCUT2D eigenvalue weighted by Crippen LogP contribution is -2.20. The van der Waals surface area contributed by atoms with Crippen LogP contribution in [-0.4, -0.2) is 17.5 Å². The van der Waals surface area contributed by atoms with Crippen LogP contribution in [-0.2, 0) is 4.79 Å². The van der Waals surface area contributed by atoms with Gasteiger partial charge in [-0.1, -0.05) is 48.5 Å². The maximum absolute atomic E-state index is 12.0. The van der Waals surface area contributed by atoms with E-state index in [-0.39, 0.29) is 12.5 Å². The molecule has 0 spiro atoms. The molecule has 1 heterocycles. The van der Waals surface area contributed by atoms with Gasteiger partial charge in [0.15, 0.2) is 6.61 Å². The van der Waals surface area contributed by atoms with Crippen molar-refractivity contribution in [2.75, 3.05) is 11.9 Å². The number of rotatable bonds is 5. The van der Waals surface area contributed by atoms with Crippen LogP contribution in [0.25, 0.3) is 11.1 Å². The molecule has 0 saturated heterocycles. The number of carbonyl (C=O) groups is 1. The maximum Gasteiger partial charge on any atom is 0.262 e. The number of aromatic nitrogens is 1. The highest BCUT2D eigenvalue weighted by atomic mass is 16.5. The molecule has 1 aromatic heterocycles. The van der Waals surface area contributed by atoms with Crippen molar-refractivity contribution in [1.82, 2.24) is 4.98 Å². The van der Waals surface area contributed by atoms with Gasteiger partial charge in [0.25, 0.3) is 5.91 Å². The molecule has 0 bridgehead atoms. The van der Waals surface area contributed by atoms with Crippen LogP contribution in [0.2, 0.25) is 0 Å². The zero-order valence-electron chi connectivity index (χ0n) is 12.5. The van der Waals surface area contributed by atoms with Gasteiger partial charge in [-0.05, 0) is 23.8 Å². The SMILES string of the molecule is O=C(COc1ccccc1)Nc1cncc(-c2ccccc2)c1. The number of para-hydroxylation sites is 1. The molecule has 0 atom stereocenters. The van der Waals surface area contributed by atoms with Gasteiger partial charge in [-0.2, -0.15) is 0 Å². The predicted molar refractivity (Wildman–Crippen MR) is 90.2 cm³/mol. The van der Waals surface area contributed by atoms with Crippen LogP contribution in [0.3, 0.4) is 0 Å². The Labute approximate surface area is 134 Å². The monoisotopic (exact) mass is 304 g/mol. The highest BCUT2D eigenvalue weighted by Crippen LogP contribution is 2.20. The van der Waals surface area contributed by atoms with Gasteiger partial charge in [-0.25, -0.2) is 0 Å². The number of nitrogens with one attached hydrogen (secondary N) is 1. The second kappa shape index (κ2) is 7.22. The summed E-state index contributed by atoms with van der Waals surface area (Å²) in [6, 6.07) is 21.0. The minimum Gasteiger partial charge on any atom is -0.484 e. The number of carbonyl (C=O) groups excluding carboxylic acids is 1. The number of ether oxygens (including phenoxy) is 1. The number of anilines is 1. The Morgan fingerprint density at radius 3 is 2.35 bits per heavy atom. The molecular formula is C19H16N2O2. The highest BCUT2D eigenvalue weighted by Gasteiger charge is 2.05. The number of hydrogen-bond acceptors (Lipinski definition) is 3. The van der Waals surface area contributed by atoms with E-state index in [4.69, 9.17) is 4.74 Å². The van der Waals surface area contributed by atoms with Crippen LogP contribution in [0.5, 0.6) is 5.75 Å². The van der Waals surface area contributed by atoms with Crippen LogP contribution < -0.4 is 10.1 Å². The molecule has 3 rings (SSSR count). The summed E-state index contributed by atoms with van der Waals surface area (Å²) in [5.41, 5.74) is 2.65. The third-order valence-electron chi connectivity index (χ3n) is 3.24. The van der Waals surface area contributed by atoms with Crippen LogP contribution >= 0.6 is 0 Å². The van der Waals surface area contributed by atoms with Crippen molar-refractivity contribution < 1.29 is 9.53 Å². The third-order valence-corrected chi connectivity index (χ3v) is 3.24. The van der Waals surface area contributed by atoms with E-state index in [1.807, 2.05) is 66.7 Å². The first-order chi connectivity index (χ1) is 11.3. The zero-order valence-corrected chi connectivity index (χ0v) is 12.5. The van der Waals surface area contributed by atoms with Gasteiger partial charge < -0.3 is 10.1 Å². The Morgan fingerprint density at radius 1 is 0.913 bits per heavy atom. The van der Waals surface area contributed by atoms with Crippen molar-refractivity contribution in [3.8, 4) is 16.9 Å². The van der Waals surface area contributed by atoms with Gasteiger partial charge in [-0.3, -0.25) is 9.78 Å². The van der Waals surface area contributed by atoms with E-state index in [1.54, 1.807) is 12.4 Å². The number of hydrogen-bond donors (Lipinski definition) is 1. The topological polar surface area (TPSA) is 51.2 Å². The first-order valence-electron chi connectivity index (χ1n) is 7.29. The Hall–Kier alpha value is -3.14. The molecular weight excluding hydrogens is 288 g/mol. The summed E-state index contributed by atoms with van der Waals surface area (Å²) in [5, 5.41) is 2.80. The molecule has 114 valence electrons. The van der Waals surface area contributed by atoms with Crippen molar-refractivity contribution in [2.24, 2.45) is 0 Å². The quantitative estimate of drug-likeness (QED) is 0.780. The van der Waals surface area contributed by atoms with Crippen molar-refractivity contribution in [3.63, 3.8) is 0 Å². The summed E-state index contributed by atoms with van der Waals surface area (Å²) < 4.78 is 5.42. The first-order valence-corrected chi connectivity index (χ1v) is 7.29. The molecule has 0 aliphatic heterocycles. The lowest BCUT2D eigenvalue weighted by molar-refractivity contribution is -0.118. The van der Waals surface area contributed by atoms with Gasteiger partial charge in [0.05, 0.1) is 11.9 Å². The molecule has 1 N–H and O–H groups in total. The van der Waals surface area contributed by atoms with Gasteiger partial charge in [0.1, 0.15) is 5.75 Å². The van der Waals surface area contributed by atoms with E-state index in [0.717, 1.165) is 11.1 Å².